The molecule has 1 fully saturated rings. The molecule has 1 aliphatic rings. The van der Waals surface area contributed by atoms with Crippen LogP contribution in [0.25, 0.3) is 5.76 Å². The summed E-state index contributed by atoms with van der Waals surface area (Å²) < 4.78 is 5.91. The van der Waals surface area contributed by atoms with Crippen LogP contribution >= 0.6 is 0 Å². The van der Waals surface area contributed by atoms with E-state index in [1.165, 1.54) is 17.0 Å². The Morgan fingerprint density at radius 1 is 0.974 bits per heavy atom. The van der Waals surface area contributed by atoms with Gasteiger partial charge in [0.05, 0.1) is 11.6 Å². The second kappa shape index (κ2) is 12.0. The molecule has 1 heterocycles. The zero-order chi connectivity index (χ0) is 27.2. The highest BCUT2D eigenvalue weighted by Crippen LogP contribution is 2.40. The quantitative estimate of drug-likeness (QED) is 0.224. The SMILES string of the molecule is CCN(CC)CCN1C(=O)C(=O)C(=C(O)c2ccc(OCc3ccccc3C)cc2)C1c1cccc(O)c1. The maximum Gasteiger partial charge on any atom is 0.295 e. The number of aliphatic hydroxyl groups excluding tert-OH is 1. The minimum Gasteiger partial charge on any atom is -0.508 e. The zero-order valence-corrected chi connectivity index (χ0v) is 22.1. The van der Waals surface area contributed by atoms with Gasteiger partial charge in [-0.2, -0.15) is 0 Å². The van der Waals surface area contributed by atoms with Crippen molar-refractivity contribution in [2.45, 2.75) is 33.4 Å². The van der Waals surface area contributed by atoms with Crippen LogP contribution in [0.2, 0.25) is 0 Å². The number of Topliss-reactive ketones (excluding diaryl/α,β-unsaturated/α-hetero) is 1. The van der Waals surface area contributed by atoms with E-state index in [1.54, 1.807) is 36.4 Å². The summed E-state index contributed by atoms with van der Waals surface area (Å²) in [6.45, 7) is 9.05. The highest BCUT2D eigenvalue weighted by atomic mass is 16.5. The fourth-order valence-corrected chi connectivity index (χ4v) is 4.74. The van der Waals surface area contributed by atoms with Gasteiger partial charge in [-0.25, -0.2) is 0 Å². The van der Waals surface area contributed by atoms with Gasteiger partial charge in [-0.05, 0) is 73.1 Å². The number of aromatic hydroxyl groups is 1. The molecule has 1 unspecified atom stereocenters. The van der Waals surface area contributed by atoms with Gasteiger partial charge >= 0.3 is 0 Å². The molecule has 7 heteroatoms. The number of phenolic OH excluding ortho intramolecular Hbond substituents is 1. The van der Waals surface area contributed by atoms with Crippen LogP contribution in [0.5, 0.6) is 11.5 Å². The lowest BCUT2D eigenvalue weighted by atomic mass is 9.95. The Bertz CT molecular complexity index is 1330. The minimum atomic E-state index is -0.811. The number of likely N-dealkylation sites (N-methyl/N-ethyl adjacent to an activating group) is 1. The predicted octanol–water partition coefficient (Wildman–Crippen LogP) is 5.04. The lowest BCUT2D eigenvalue weighted by Crippen LogP contribution is -2.38. The van der Waals surface area contributed by atoms with Crippen LogP contribution in [0, 0.1) is 6.92 Å². The number of hydrogen-bond donors (Lipinski definition) is 2. The number of aryl methyl sites for hydroxylation is 1. The second-order valence-corrected chi connectivity index (χ2v) is 9.35. The Balaban J connectivity index is 1.64. The Morgan fingerprint density at radius 2 is 1.68 bits per heavy atom. The molecule has 7 nitrogen and oxygen atoms in total. The first kappa shape index (κ1) is 26.9. The molecule has 0 radical (unpaired) electrons. The normalized spacial score (nSPS) is 16.8. The van der Waals surface area contributed by atoms with Gasteiger partial charge in [-0.1, -0.05) is 50.2 Å². The minimum absolute atomic E-state index is 0.00808. The molecule has 3 aromatic rings. The van der Waals surface area contributed by atoms with Gasteiger partial charge in [-0.3, -0.25) is 9.59 Å². The van der Waals surface area contributed by atoms with Crippen molar-refractivity contribution in [3.8, 4) is 11.5 Å². The molecule has 1 saturated heterocycles. The number of carbonyl (C=O) groups is 2. The highest BCUT2D eigenvalue weighted by Gasteiger charge is 2.46. The molecule has 1 amide bonds. The third-order valence-electron chi connectivity index (χ3n) is 7.06. The van der Waals surface area contributed by atoms with Crippen molar-refractivity contribution >= 4 is 17.4 Å². The fraction of sp³-hybridized carbons (Fsp3) is 0.290. The van der Waals surface area contributed by atoms with Crippen molar-refractivity contribution in [1.82, 2.24) is 9.80 Å². The molecular formula is C31H34N2O5. The van der Waals surface area contributed by atoms with E-state index < -0.39 is 17.7 Å². The molecule has 3 aromatic carbocycles. The number of rotatable bonds is 10. The summed E-state index contributed by atoms with van der Waals surface area (Å²) >= 11 is 0. The van der Waals surface area contributed by atoms with Gasteiger partial charge in [0.2, 0.25) is 0 Å². The van der Waals surface area contributed by atoms with Crippen molar-refractivity contribution in [2.75, 3.05) is 26.2 Å². The predicted molar refractivity (Wildman–Crippen MR) is 147 cm³/mol. The summed E-state index contributed by atoms with van der Waals surface area (Å²) in [7, 11) is 0. The summed E-state index contributed by atoms with van der Waals surface area (Å²) in [5.74, 6) is -1.02. The van der Waals surface area contributed by atoms with Crippen LogP contribution in [-0.2, 0) is 16.2 Å². The van der Waals surface area contributed by atoms with Crippen molar-refractivity contribution in [2.24, 2.45) is 0 Å². The van der Waals surface area contributed by atoms with E-state index in [4.69, 9.17) is 4.74 Å². The van der Waals surface area contributed by atoms with E-state index in [2.05, 4.69) is 4.90 Å². The molecule has 1 aliphatic heterocycles. The van der Waals surface area contributed by atoms with Crippen LogP contribution in [0.1, 0.15) is 42.1 Å². The number of aliphatic hydroxyl groups is 1. The van der Waals surface area contributed by atoms with E-state index in [-0.39, 0.29) is 17.1 Å². The highest BCUT2D eigenvalue weighted by molar-refractivity contribution is 6.46. The number of ketones is 1. The number of carbonyl (C=O) groups excluding carboxylic acids is 2. The fourth-order valence-electron chi connectivity index (χ4n) is 4.74. The maximum atomic E-state index is 13.2. The average molecular weight is 515 g/mol. The lowest BCUT2D eigenvalue weighted by molar-refractivity contribution is -0.140. The molecule has 38 heavy (non-hydrogen) atoms. The van der Waals surface area contributed by atoms with E-state index >= 15 is 0 Å². The molecule has 0 aliphatic carbocycles. The second-order valence-electron chi connectivity index (χ2n) is 9.35. The number of amides is 1. The van der Waals surface area contributed by atoms with Crippen LogP contribution in [0.3, 0.4) is 0 Å². The van der Waals surface area contributed by atoms with Gasteiger partial charge in [0.25, 0.3) is 11.7 Å². The van der Waals surface area contributed by atoms with Crippen LogP contribution in [-0.4, -0.2) is 57.9 Å². The summed E-state index contributed by atoms with van der Waals surface area (Å²) in [6.07, 6.45) is 0. The molecule has 0 aromatic heterocycles. The molecule has 0 bridgehead atoms. The Labute approximate surface area is 223 Å². The summed E-state index contributed by atoms with van der Waals surface area (Å²) in [5, 5.41) is 21.4. The van der Waals surface area contributed by atoms with Crippen molar-refractivity contribution < 1.29 is 24.5 Å². The number of ether oxygens (including phenoxy) is 1. The third-order valence-corrected chi connectivity index (χ3v) is 7.06. The third kappa shape index (κ3) is 5.73. The van der Waals surface area contributed by atoms with Gasteiger partial charge in [0.15, 0.2) is 0 Å². The topological polar surface area (TPSA) is 90.3 Å². The van der Waals surface area contributed by atoms with Gasteiger partial charge in [0, 0.05) is 18.7 Å². The Kier molecular flexibility index (Phi) is 8.48. The molecule has 1 atom stereocenters. The molecular weight excluding hydrogens is 480 g/mol. The Morgan fingerprint density at radius 3 is 2.34 bits per heavy atom. The summed E-state index contributed by atoms with van der Waals surface area (Å²) in [6, 6.07) is 20.4. The van der Waals surface area contributed by atoms with E-state index in [0.29, 0.717) is 36.6 Å². The molecule has 0 spiro atoms. The van der Waals surface area contributed by atoms with Crippen molar-refractivity contribution in [3.05, 3.63) is 101 Å². The van der Waals surface area contributed by atoms with Gasteiger partial charge in [0.1, 0.15) is 23.9 Å². The number of phenols is 1. The largest absolute Gasteiger partial charge is 0.508 e. The van der Waals surface area contributed by atoms with Gasteiger partial charge < -0.3 is 24.7 Å². The number of benzene rings is 3. The van der Waals surface area contributed by atoms with Crippen LogP contribution in [0.4, 0.5) is 0 Å². The molecule has 4 rings (SSSR count). The first-order valence-electron chi connectivity index (χ1n) is 12.9. The molecule has 2 N–H and O–H groups in total. The average Bonchev–Trinajstić information content (AvgIpc) is 3.18. The van der Waals surface area contributed by atoms with E-state index in [1.807, 2.05) is 45.0 Å². The summed E-state index contributed by atoms with van der Waals surface area (Å²) in [4.78, 5) is 30.0. The number of likely N-dealkylation sites (tertiary alicyclic amines) is 1. The van der Waals surface area contributed by atoms with Gasteiger partial charge in [-0.15, -0.1) is 0 Å². The molecule has 198 valence electrons. The lowest BCUT2D eigenvalue weighted by Gasteiger charge is -2.28. The summed E-state index contributed by atoms with van der Waals surface area (Å²) in [5.41, 5.74) is 3.19. The van der Waals surface area contributed by atoms with Crippen LogP contribution in [0.15, 0.2) is 78.4 Å². The first-order chi connectivity index (χ1) is 18.3. The van der Waals surface area contributed by atoms with E-state index in [9.17, 15) is 19.8 Å². The zero-order valence-electron chi connectivity index (χ0n) is 22.1. The smallest absolute Gasteiger partial charge is 0.295 e. The van der Waals surface area contributed by atoms with Crippen molar-refractivity contribution in [1.29, 1.82) is 0 Å². The monoisotopic (exact) mass is 514 g/mol. The first-order valence-corrected chi connectivity index (χ1v) is 12.9. The van der Waals surface area contributed by atoms with Crippen LogP contribution < -0.4 is 4.74 Å². The Hall–Kier alpha value is -4.10. The number of hydrogen-bond acceptors (Lipinski definition) is 6. The standard InChI is InChI=1S/C31H34N2O5/c1-4-32(5-2)17-18-33-28(23-11-8-12-25(34)19-23)27(30(36)31(33)37)29(35)22-13-15-26(16-14-22)38-20-24-10-7-6-9-21(24)3/h6-16,19,28,34-35H,4-5,17-18,20H2,1-3H3. The maximum absolute atomic E-state index is 13.2. The van der Waals surface area contributed by atoms with E-state index in [0.717, 1.165) is 24.2 Å². The van der Waals surface area contributed by atoms with Crippen molar-refractivity contribution in [3.63, 3.8) is 0 Å². The number of nitrogens with zero attached hydrogens (tertiary/aromatic N) is 2. The molecule has 0 saturated carbocycles.